The Hall–Kier alpha value is -3.65. The Morgan fingerprint density at radius 3 is 2.54 bits per heavy atom. The second-order valence-corrected chi connectivity index (χ2v) is 8.64. The maximum Gasteiger partial charge on any atom is 0.414 e. The third-order valence-corrected chi connectivity index (χ3v) is 6.35. The first-order valence-electron chi connectivity index (χ1n) is 11.6. The van der Waals surface area contributed by atoms with Crippen molar-refractivity contribution < 1.29 is 28.2 Å². The van der Waals surface area contributed by atoms with E-state index in [-0.39, 0.29) is 30.6 Å². The molecule has 4 rings (SSSR count). The first-order valence-corrected chi connectivity index (χ1v) is 11.6. The highest BCUT2D eigenvalue weighted by Crippen LogP contribution is 2.31. The van der Waals surface area contributed by atoms with Crippen molar-refractivity contribution in [2.45, 2.75) is 25.9 Å². The van der Waals surface area contributed by atoms with Gasteiger partial charge < -0.3 is 24.6 Å². The SMILES string of the molecule is [C-]#[N+]C(C(=O)N1CCOCC1)=C1CCN(c2ccc(N3C[C@H](CNC(C)=O)OC3=O)cc2F)CC1. The number of amides is 3. The van der Waals surface area contributed by atoms with Crippen LogP contribution in [0.25, 0.3) is 4.85 Å². The zero-order valence-corrected chi connectivity index (χ0v) is 19.6. The first kappa shape index (κ1) is 24.5. The number of carbonyl (C=O) groups is 3. The Labute approximate surface area is 203 Å². The molecule has 11 heteroatoms. The van der Waals surface area contributed by atoms with Crippen LogP contribution in [0.3, 0.4) is 0 Å². The Morgan fingerprint density at radius 2 is 1.91 bits per heavy atom. The van der Waals surface area contributed by atoms with Gasteiger partial charge in [-0.1, -0.05) is 5.57 Å². The van der Waals surface area contributed by atoms with Crippen LogP contribution in [0.4, 0.5) is 20.6 Å². The van der Waals surface area contributed by atoms with Gasteiger partial charge in [0.1, 0.15) is 11.9 Å². The number of halogens is 1. The first-order chi connectivity index (χ1) is 16.9. The fourth-order valence-electron chi connectivity index (χ4n) is 4.47. The monoisotopic (exact) mass is 485 g/mol. The van der Waals surface area contributed by atoms with Crippen molar-refractivity contribution >= 4 is 29.3 Å². The van der Waals surface area contributed by atoms with Crippen LogP contribution in [0.5, 0.6) is 0 Å². The van der Waals surface area contributed by atoms with Gasteiger partial charge in [-0.15, -0.1) is 0 Å². The second kappa shape index (κ2) is 10.7. The molecule has 1 N–H and O–H groups in total. The number of rotatable bonds is 5. The molecule has 186 valence electrons. The summed E-state index contributed by atoms with van der Waals surface area (Å²) in [5.41, 5.74) is 1.75. The van der Waals surface area contributed by atoms with Crippen LogP contribution in [-0.2, 0) is 19.1 Å². The molecule has 3 heterocycles. The minimum Gasteiger partial charge on any atom is -0.442 e. The van der Waals surface area contributed by atoms with E-state index in [1.54, 1.807) is 17.0 Å². The van der Waals surface area contributed by atoms with E-state index in [2.05, 4.69) is 10.2 Å². The van der Waals surface area contributed by atoms with Gasteiger partial charge >= 0.3 is 6.09 Å². The maximum atomic E-state index is 15.0. The summed E-state index contributed by atoms with van der Waals surface area (Å²) in [6.45, 7) is 12.2. The summed E-state index contributed by atoms with van der Waals surface area (Å²) >= 11 is 0. The van der Waals surface area contributed by atoms with Gasteiger partial charge in [0.15, 0.2) is 0 Å². The number of hydrogen-bond donors (Lipinski definition) is 1. The highest BCUT2D eigenvalue weighted by atomic mass is 19.1. The molecule has 3 saturated heterocycles. The lowest BCUT2D eigenvalue weighted by atomic mass is 10.00. The minimum atomic E-state index is -0.586. The van der Waals surface area contributed by atoms with E-state index in [4.69, 9.17) is 16.0 Å². The van der Waals surface area contributed by atoms with Crippen LogP contribution < -0.4 is 15.1 Å². The van der Waals surface area contributed by atoms with Crippen molar-refractivity contribution in [1.82, 2.24) is 10.2 Å². The molecule has 0 radical (unpaired) electrons. The summed E-state index contributed by atoms with van der Waals surface area (Å²) in [6.07, 6.45) is -0.0913. The summed E-state index contributed by atoms with van der Waals surface area (Å²) < 4.78 is 25.6. The fraction of sp³-hybridized carbons (Fsp3) is 0.500. The molecular weight excluding hydrogens is 457 g/mol. The van der Waals surface area contributed by atoms with Crippen molar-refractivity contribution in [1.29, 1.82) is 0 Å². The molecule has 0 bridgehead atoms. The van der Waals surface area contributed by atoms with Gasteiger partial charge in [-0.3, -0.25) is 14.5 Å². The molecule has 0 aliphatic carbocycles. The van der Waals surface area contributed by atoms with Crippen molar-refractivity contribution in [3.63, 3.8) is 0 Å². The topological polar surface area (TPSA) is 95.8 Å². The van der Waals surface area contributed by atoms with E-state index in [0.29, 0.717) is 63.6 Å². The van der Waals surface area contributed by atoms with Crippen molar-refractivity contribution in [2.24, 2.45) is 0 Å². The van der Waals surface area contributed by atoms with Crippen LogP contribution >= 0.6 is 0 Å². The van der Waals surface area contributed by atoms with Crippen LogP contribution in [0.15, 0.2) is 29.5 Å². The lowest BCUT2D eigenvalue weighted by molar-refractivity contribution is -0.130. The second-order valence-electron chi connectivity index (χ2n) is 8.64. The molecule has 0 saturated carbocycles. The van der Waals surface area contributed by atoms with Crippen molar-refractivity contribution in [3.8, 4) is 0 Å². The summed E-state index contributed by atoms with van der Waals surface area (Å²) in [6, 6.07) is 4.59. The number of carbonyl (C=O) groups excluding carboxylic acids is 3. The molecule has 3 aliphatic rings. The molecule has 0 unspecified atom stereocenters. The molecule has 3 fully saturated rings. The number of cyclic esters (lactones) is 1. The van der Waals surface area contributed by atoms with E-state index in [0.717, 1.165) is 5.57 Å². The minimum absolute atomic E-state index is 0.170. The largest absolute Gasteiger partial charge is 0.442 e. The van der Waals surface area contributed by atoms with Gasteiger partial charge in [-0.2, -0.15) is 0 Å². The third-order valence-electron chi connectivity index (χ3n) is 6.35. The molecule has 0 aromatic heterocycles. The van der Waals surface area contributed by atoms with Crippen molar-refractivity contribution in [2.75, 3.05) is 62.3 Å². The van der Waals surface area contributed by atoms with Gasteiger partial charge in [0.2, 0.25) is 11.6 Å². The summed E-state index contributed by atoms with van der Waals surface area (Å²) in [7, 11) is 0. The maximum absolute atomic E-state index is 15.0. The lowest BCUT2D eigenvalue weighted by Gasteiger charge is -2.32. The molecular formula is C24H28FN5O5. The van der Waals surface area contributed by atoms with E-state index in [1.165, 1.54) is 17.9 Å². The molecule has 10 nitrogen and oxygen atoms in total. The van der Waals surface area contributed by atoms with Gasteiger partial charge in [0, 0.05) is 33.1 Å². The molecule has 1 atom stereocenters. The van der Waals surface area contributed by atoms with Gasteiger partial charge in [0.25, 0.3) is 5.91 Å². The van der Waals surface area contributed by atoms with Gasteiger partial charge in [0.05, 0.1) is 44.3 Å². The standard InChI is InChI=1S/C24H28FN5O5/c1-16(31)27-14-19-15-30(24(33)35-19)18-3-4-21(20(25)13-18)28-7-5-17(6-8-28)22(26-2)23(32)29-9-11-34-12-10-29/h3-4,13,19H,5-12,14-15H2,1H3,(H,27,31)/t19-/m0/s1. The van der Waals surface area contributed by atoms with E-state index in [1.807, 2.05) is 4.90 Å². The highest BCUT2D eigenvalue weighted by molar-refractivity contribution is 5.96. The predicted molar refractivity (Wildman–Crippen MR) is 125 cm³/mol. The number of hydrogen-bond acceptors (Lipinski definition) is 6. The quantitative estimate of drug-likeness (QED) is 0.506. The van der Waals surface area contributed by atoms with E-state index in [9.17, 15) is 14.4 Å². The number of piperidine rings is 1. The summed E-state index contributed by atoms with van der Waals surface area (Å²) in [4.78, 5) is 44.5. The number of ether oxygens (including phenoxy) is 2. The number of nitrogens with one attached hydrogen (secondary N) is 1. The molecule has 35 heavy (non-hydrogen) atoms. The Kier molecular flexibility index (Phi) is 7.51. The van der Waals surface area contributed by atoms with Crippen LogP contribution in [0.2, 0.25) is 0 Å². The lowest BCUT2D eigenvalue weighted by Crippen LogP contribution is -2.41. The Balaban J connectivity index is 1.40. The zero-order chi connectivity index (χ0) is 24.9. The molecule has 3 amide bonds. The molecule has 1 aromatic carbocycles. The predicted octanol–water partition coefficient (Wildman–Crippen LogP) is 1.92. The third kappa shape index (κ3) is 5.54. The van der Waals surface area contributed by atoms with E-state index >= 15 is 4.39 Å². The van der Waals surface area contributed by atoms with Crippen LogP contribution in [0.1, 0.15) is 19.8 Å². The Morgan fingerprint density at radius 1 is 1.20 bits per heavy atom. The Bertz CT molecular complexity index is 1070. The zero-order valence-electron chi connectivity index (χ0n) is 19.6. The molecule has 1 aromatic rings. The molecule has 3 aliphatic heterocycles. The summed E-state index contributed by atoms with van der Waals surface area (Å²) in [5.74, 6) is -0.942. The van der Waals surface area contributed by atoms with Crippen molar-refractivity contribution in [3.05, 3.63) is 46.7 Å². The number of morpholine rings is 1. The number of benzene rings is 1. The fourth-order valence-corrected chi connectivity index (χ4v) is 4.47. The number of anilines is 2. The van der Waals surface area contributed by atoms with Crippen LogP contribution in [-0.4, -0.2) is 81.4 Å². The van der Waals surface area contributed by atoms with E-state index < -0.39 is 18.0 Å². The highest BCUT2D eigenvalue weighted by Gasteiger charge is 2.33. The van der Waals surface area contributed by atoms with Crippen LogP contribution in [0, 0.1) is 12.4 Å². The average molecular weight is 486 g/mol. The normalized spacial score (nSPS) is 20.4. The summed E-state index contributed by atoms with van der Waals surface area (Å²) in [5, 5.41) is 2.61. The average Bonchev–Trinajstić information content (AvgIpc) is 3.24. The van der Waals surface area contributed by atoms with Gasteiger partial charge in [-0.05, 0) is 31.0 Å². The molecule has 0 spiro atoms. The smallest absolute Gasteiger partial charge is 0.414 e. The number of nitrogens with zero attached hydrogens (tertiary/aromatic N) is 4. The van der Waals surface area contributed by atoms with Gasteiger partial charge in [-0.25, -0.2) is 14.0 Å².